The molecule has 1 aromatic carbocycles. The molecule has 3 rings (SSSR count). The predicted molar refractivity (Wildman–Crippen MR) is 98.3 cm³/mol. The lowest BCUT2D eigenvalue weighted by molar-refractivity contribution is -0.136. The highest BCUT2D eigenvalue weighted by atomic mass is 32.2. The third-order valence-corrected chi connectivity index (χ3v) is 7.17. The van der Waals surface area contributed by atoms with Crippen molar-refractivity contribution in [3.05, 3.63) is 24.3 Å². The van der Waals surface area contributed by atoms with Crippen LogP contribution in [0.2, 0.25) is 0 Å². The number of benzene rings is 1. The van der Waals surface area contributed by atoms with E-state index in [2.05, 4.69) is 5.32 Å². The van der Waals surface area contributed by atoms with E-state index in [1.54, 1.807) is 4.90 Å². The molecule has 8 heteroatoms. The van der Waals surface area contributed by atoms with Gasteiger partial charge < -0.3 is 19.7 Å². The van der Waals surface area contributed by atoms with Crippen molar-refractivity contribution >= 4 is 15.7 Å². The zero-order valence-corrected chi connectivity index (χ0v) is 16.0. The highest BCUT2D eigenvalue weighted by Crippen LogP contribution is 2.33. The van der Waals surface area contributed by atoms with Crippen LogP contribution < -0.4 is 14.8 Å². The van der Waals surface area contributed by atoms with Crippen molar-refractivity contribution in [2.45, 2.75) is 30.6 Å². The molecule has 2 aliphatic rings. The summed E-state index contributed by atoms with van der Waals surface area (Å²) in [6.45, 7) is 3.94. The number of ether oxygens (including phenoxy) is 2. The van der Waals surface area contributed by atoms with Crippen LogP contribution in [-0.4, -0.2) is 69.1 Å². The number of amides is 1. The molecule has 1 unspecified atom stereocenters. The molecule has 1 saturated heterocycles. The van der Waals surface area contributed by atoms with E-state index < -0.39 is 14.6 Å². The summed E-state index contributed by atoms with van der Waals surface area (Å²) in [5, 5.41) is 3.14. The first kappa shape index (κ1) is 19.0. The molecule has 1 atom stereocenters. The van der Waals surface area contributed by atoms with Crippen LogP contribution >= 0.6 is 0 Å². The standard InChI is InChI=1S/C18H26N2O5S/c1-3-20(12-14-13-24-15-6-4-5-7-16(15)25-14)17(21)18(26(2,22)23)8-10-19-11-9-18/h4-7,14,19H,3,8-13H2,1-2H3. The van der Waals surface area contributed by atoms with Crippen LogP contribution in [0, 0.1) is 0 Å². The molecule has 2 aliphatic heterocycles. The van der Waals surface area contributed by atoms with Gasteiger partial charge in [-0.15, -0.1) is 0 Å². The first-order valence-electron chi connectivity index (χ1n) is 8.95. The molecule has 0 bridgehead atoms. The zero-order chi connectivity index (χ0) is 18.8. The van der Waals surface area contributed by atoms with Gasteiger partial charge in [0.05, 0.1) is 6.54 Å². The highest BCUT2D eigenvalue weighted by Gasteiger charge is 2.50. The number of rotatable bonds is 5. The van der Waals surface area contributed by atoms with E-state index in [-0.39, 0.29) is 12.0 Å². The molecule has 144 valence electrons. The Morgan fingerprint density at radius 1 is 1.27 bits per heavy atom. The van der Waals surface area contributed by atoms with Crippen molar-refractivity contribution in [1.82, 2.24) is 10.2 Å². The van der Waals surface area contributed by atoms with Crippen molar-refractivity contribution in [2.24, 2.45) is 0 Å². The van der Waals surface area contributed by atoms with Gasteiger partial charge in [-0.2, -0.15) is 0 Å². The van der Waals surface area contributed by atoms with Gasteiger partial charge in [0.2, 0.25) is 5.91 Å². The Morgan fingerprint density at radius 3 is 2.54 bits per heavy atom. The minimum Gasteiger partial charge on any atom is -0.486 e. The second-order valence-corrected chi connectivity index (χ2v) is 9.18. The van der Waals surface area contributed by atoms with E-state index in [9.17, 15) is 13.2 Å². The van der Waals surface area contributed by atoms with Crippen LogP contribution in [-0.2, 0) is 14.6 Å². The van der Waals surface area contributed by atoms with Gasteiger partial charge in [-0.1, -0.05) is 12.1 Å². The normalized spacial score (nSPS) is 21.8. The van der Waals surface area contributed by atoms with Gasteiger partial charge in [0.25, 0.3) is 0 Å². The third kappa shape index (κ3) is 3.53. The molecule has 1 N–H and O–H groups in total. The molecule has 0 aromatic heterocycles. The van der Waals surface area contributed by atoms with Crippen molar-refractivity contribution in [2.75, 3.05) is 39.0 Å². The van der Waals surface area contributed by atoms with Gasteiger partial charge in [-0.25, -0.2) is 8.42 Å². The fourth-order valence-electron chi connectivity index (χ4n) is 3.62. The van der Waals surface area contributed by atoms with Gasteiger partial charge in [-0.05, 0) is 45.0 Å². The molecule has 1 amide bonds. The second kappa shape index (κ2) is 7.44. The average molecular weight is 382 g/mol. The minimum atomic E-state index is -3.53. The highest BCUT2D eigenvalue weighted by molar-refractivity contribution is 7.92. The van der Waals surface area contributed by atoms with Gasteiger partial charge in [0, 0.05) is 12.8 Å². The van der Waals surface area contributed by atoms with Crippen LogP contribution in [0.15, 0.2) is 24.3 Å². The Morgan fingerprint density at radius 2 is 1.92 bits per heavy atom. The Hall–Kier alpha value is -1.80. The van der Waals surface area contributed by atoms with Crippen molar-refractivity contribution in [1.29, 1.82) is 0 Å². The number of carbonyl (C=O) groups is 1. The molecular weight excluding hydrogens is 356 g/mol. The topological polar surface area (TPSA) is 84.9 Å². The molecule has 0 saturated carbocycles. The van der Waals surface area contributed by atoms with E-state index in [1.807, 2.05) is 31.2 Å². The number of carbonyl (C=O) groups excluding carboxylic acids is 1. The van der Waals surface area contributed by atoms with E-state index in [1.165, 1.54) is 6.26 Å². The number of hydrogen-bond acceptors (Lipinski definition) is 6. The molecule has 0 aliphatic carbocycles. The number of fused-ring (bicyclic) bond motifs is 1. The first-order valence-corrected chi connectivity index (χ1v) is 10.8. The maximum atomic E-state index is 13.2. The largest absolute Gasteiger partial charge is 0.486 e. The fraction of sp³-hybridized carbons (Fsp3) is 0.611. The number of sulfone groups is 1. The molecule has 2 heterocycles. The summed E-state index contributed by atoms with van der Waals surface area (Å²) in [5.74, 6) is 1.00. The maximum absolute atomic E-state index is 13.2. The number of para-hydroxylation sites is 2. The molecular formula is C18H26N2O5S. The Bertz CT molecular complexity index is 759. The number of piperidine rings is 1. The van der Waals surface area contributed by atoms with E-state index >= 15 is 0 Å². The van der Waals surface area contributed by atoms with Crippen molar-refractivity contribution < 1.29 is 22.7 Å². The Balaban J connectivity index is 1.77. The quantitative estimate of drug-likeness (QED) is 0.812. The smallest absolute Gasteiger partial charge is 0.244 e. The summed E-state index contributed by atoms with van der Waals surface area (Å²) in [7, 11) is -3.53. The molecule has 26 heavy (non-hydrogen) atoms. The lowest BCUT2D eigenvalue weighted by Crippen LogP contribution is -2.59. The van der Waals surface area contributed by atoms with Gasteiger partial charge in [-0.3, -0.25) is 4.79 Å². The predicted octanol–water partition coefficient (Wildman–Crippen LogP) is 0.842. The van der Waals surface area contributed by atoms with Gasteiger partial charge in [0.1, 0.15) is 6.61 Å². The van der Waals surface area contributed by atoms with Crippen LogP contribution in [0.25, 0.3) is 0 Å². The van der Waals surface area contributed by atoms with Crippen LogP contribution in [0.3, 0.4) is 0 Å². The van der Waals surface area contributed by atoms with E-state index in [4.69, 9.17) is 9.47 Å². The van der Waals surface area contributed by atoms with Crippen molar-refractivity contribution in [3.8, 4) is 11.5 Å². The molecule has 7 nitrogen and oxygen atoms in total. The lowest BCUT2D eigenvalue weighted by atomic mass is 9.95. The summed E-state index contributed by atoms with van der Waals surface area (Å²) < 4.78 is 35.3. The first-order chi connectivity index (χ1) is 12.4. The molecule has 0 radical (unpaired) electrons. The van der Waals surface area contributed by atoms with E-state index in [0.717, 1.165) is 0 Å². The van der Waals surface area contributed by atoms with E-state index in [0.29, 0.717) is 57.1 Å². The fourth-order valence-corrected chi connectivity index (χ4v) is 5.01. The zero-order valence-electron chi connectivity index (χ0n) is 15.2. The maximum Gasteiger partial charge on any atom is 0.244 e. The van der Waals surface area contributed by atoms with Crippen LogP contribution in [0.5, 0.6) is 11.5 Å². The third-order valence-electron chi connectivity index (χ3n) is 5.17. The molecule has 0 spiro atoms. The number of hydrogen-bond donors (Lipinski definition) is 1. The van der Waals surface area contributed by atoms with Gasteiger partial charge in [0.15, 0.2) is 32.2 Å². The molecule has 1 fully saturated rings. The molecule has 1 aromatic rings. The number of nitrogens with one attached hydrogen (secondary N) is 1. The summed E-state index contributed by atoms with van der Waals surface area (Å²) >= 11 is 0. The average Bonchev–Trinajstić information content (AvgIpc) is 2.65. The van der Waals surface area contributed by atoms with Gasteiger partial charge >= 0.3 is 0 Å². The SMILES string of the molecule is CCN(CC1COc2ccccc2O1)C(=O)C1(S(C)(=O)=O)CCNCC1. The Kier molecular flexibility index (Phi) is 5.43. The minimum absolute atomic E-state index is 0.298. The summed E-state index contributed by atoms with van der Waals surface area (Å²) in [6.07, 6.45) is 1.44. The number of nitrogens with zero attached hydrogens (tertiary/aromatic N) is 1. The van der Waals surface area contributed by atoms with Crippen LogP contribution in [0.1, 0.15) is 19.8 Å². The summed E-state index contributed by atoms with van der Waals surface area (Å²) in [4.78, 5) is 14.8. The Labute approximate surface area is 154 Å². The second-order valence-electron chi connectivity index (χ2n) is 6.86. The monoisotopic (exact) mass is 382 g/mol. The summed E-state index contributed by atoms with van der Waals surface area (Å²) in [5.41, 5.74) is 0. The summed E-state index contributed by atoms with van der Waals surface area (Å²) in [6, 6.07) is 7.39. The number of likely N-dealkylation sites (N-methyl/N-ethyl adjacent to an activating group) is 1. The van der Waals surface area contributed by atoms with Crippen molar-refractivity contribution in [3.63, 3.8) is 0 Å². The lowest BCUT2D eigenvalue weighted by Gasteiger charge is -2.39. The van der Waals surface area contributed by atoms with Crippen LogP contribution in [0.4, 0.5) is 0 Å².